The molecule has 0 fully saturated rings. The lowest BCUT2D eigenvalue weighted by molar-refractivity contribution is -0.141. The molecule has 0 heterocycles. The summed E-state index contributed by atoms with van der Waals surface area (Å²) >= 11 is 0. The van der Waals surface area contributed by atoms with Crippen molar-refractivity contribution in [1.29, 1.82) is 0 Å². The second-order valence-electron chi connectivity index (χ2n) is 7.80. The third-order valence-electron chi connectivity index (χ3n) is 5.00. The highest BCUT2D eigenvalue weighted by Crippen LogP contribution is 2.32. The highest BCUT2D eigenvalue weighted by atomic mass is 16.6. The van der Waals surface area contributed by atoms with Gasteiger partial charge in [0.2, 0.25) is 5.76 Å². The van der Waals surface area contributed by atoms with E-state index in [2.05, 4.69) is 0 Å². The summed E-state index contributed by atoms with van der Waals surface area (Å²) < 4.78 is 27.0. The number of aromatic hydroxyl groups is 1. The third kappa shape index (κ3) is 9.02. The van der Waals surface area contributed by atoms with Crippen LogP contribution in [0, 0.1) is 0 Å². The topological polar surface area (TPSA) is 101 Å². The van der Waals surface area contributed by atoms with Crippen LogP contribution in [0.2, 0.25) is 0 Å². The van der Waals surface area contributed by atoms with Crippen LogP contribution in [-0.2, 0) is 19.1 Å². The smallest absolute Gasteiger partial charge is 0.374 e. The normalized spacial score (nSPS) is 11.3. The van der Waals surface area contributed by atoms with Gasteiger partial charge in [-0.15, -0.1) is 0 Å². The van der Waals surface area contributed by atoms with Gasteiger partial charge in [-0.1, -0.05) is 38.8 Å². The molecule has 0 radical (unpaired) electrons. The average Bonchev–Trinajstić information content (AvgIpc) is 2.88. The molecule has 36 heavy (non-hydrogen) atoms. The van der Waals surface area contributed by atoms with E-state index in [-0.39, 0.29) is 29.6 Å². The molecule has 0 saturated carbocycles. The van der Waals surface area contributed by atoms with Crippen LogP contribution in [0.15, 0.2) is 48.2 Å². The lowest BCUT2D eigenvalue weighted by Crippen LogP contribution is -2.14. The van der Waals surface area contributed by atoms with E-state index in [9.17, 15) is 14.7 Å². The molecule has 1 N–H and O–H groups in total. The van der Waals surface area contributed by atoms with Crippen molar-refractivity contribution < 1.29 is 38.4 Å². The van der Waals surface area contributed by atoms with Gasteiger partial charge < -0.3 is 28.8 Å². The van der Waals surface area contributed by atoms with Gasteiger partial charge in [-0.05, 0) is 60.4 Å². The fraction of sp³-hybridized carbons (Fsp3) is 0.357. The van der Waals surface area contributed by atoms with Crippen LogP contribution in [0.4, 0.5) is 0 Å². The Morgan fingerprint density at radius 3 is 2.14 bits per heavy atom. The molecule has 194 valence electrons. The number of methoxy groups -OCH3 is 2. The summed E-state index contributed by atoms with van der Waals surface area (Å²) in [4.78, 5) is 24.6. The van der Waals surface area contributed by atoms with E-state index < -0.39 is 11.9 Å². The zero-order valence-corrected chi connectivity index (χ0v) is 21.2. The molecule has 8 heteroatoms. The molecule has 0 bridgehead atoms. The molecular weight excluding hydrogens is 464 g/mol. The van der Waals surface area contributed by atoms with E-state index in [4.69, 9.17) is 23.7 Å². The predicted octanol–water partition coefficient (Wildman–Crippen LogP) is 5.53. The van der Waals surface area contributed by atoms with E-state index in [1.165, 1.54) is 32.4 Å². The Hall–Kier alpha value is -3.94. The number of carbonyl (C=O) groups excluding carboxylic acids is 2. The number of unbranched alkanes of at least 4 members (excludes halogenated alkanes) is 2. The van der Waals surface area contributed by atoms with Gasteiger partial charge >= 0.3 is 11.9 Å². The summed E-state index contributed by atoms with van der Waals surface area (Å²) in [5.74, 6) is -0.272. The van der Waals surface area contributed by atoms with Crippen LogP contribution >= 0.6 is 0 Å². The van der Waals surface area contributed by atoms with E-state index in [1.807, 2.05) is 13.8 Å². The minimum absolute atomic E-state index is 0.0257. The van der Waals surface area contributed by atoms with Crippen LogP contribution in [0.1, 0.15) is 50.7 Å². The predicted molar refractivity (Wildman–Crippen MR) is 137 cm³/mol. The molecule has 0 unspecified atom stereocenters. The molecule has 0 saturated heterocycles. The van der Waals surface area contributed by atoms with Gasteiger partial charge in [0.15, 0.2) is 23.0 Å². The molecule has 0 atom stereocenters. The second kappa shape index (κ2) is 15.1. The van der Waals surface area contributed by atoms with Crippen molar-refractivity contribution in [2.45, 2.75) is 39.5 Å². The summed E-state index contributed by atoms with van der Waals surface area (Å²) in [7, 11) is 2.91. The van der Waals surface area contributed by atoms with Crippen LogP contribution in [-0.4, -0.2) is 44.5 Å². The molecule has 8 nitrogen and oxygen atoms in total. The fourth-order valence-corrected chi connectivity index (χ4v) is 2.97. The van der Waals surface area contributed by atoms with Gasteiger partial charge in [0.25, 0.3) is 0 Å². The third-order valence-corrected chi connectivity index (χ3v) is 5.00. The lowest BCUT2D eigenvalue weighted by atomic mass is 10.1. The molecule has 0 aliphatic carbocycles. The lowest BCUT2D eigenvalue weighted by Gasteiger charge is -2.14. The number of phenols is 1. The summed E-state index contributed by atoms with van der Waals surface area (Å²) in [5.41, 5.74) is 1.25. The van der Waals surface area contributed by atoms with Gasteiger partial charge in [-0.25, -0.2) is 9.59 Å². The Bertz CT molecular complexity index is 1070. The SMILES string of the molecule is CCCCOC(=O)/C=C/c1ccc(O/C(=C\c2ccc(O)c(OC)c2)C(=O)OCCCC)c(OC)c1. The largest absolute Gasteiger partial charge is 0.504 e. The maximum atomic E-state index is 12.8. The molecule has 0 aliphatic heterocycles. The molecule has 0 spiro atoms. The monoisotopic (exact) mass is 498 g/mol. The van der Waals surface area contributed by atoms with Crippen LogP contribution in [0.25, 0.3) is 12.2 Å². The number of hydrogen-bond acceptors (Lipinski definition) is 8. The average molecular weight is 499 g/mol. The number of rotatable bonds is 14. The van der Waals surface area contributed by atoms with Gasteiger partial charge in [-0.2, -0.15) is 0 Å². The highest BCUT2D eigenvalue weighted by molar-refractivity contribution is 5.92. The quantitative estimate of drug-likeness (QED) is 0.157. The first-order chi connectivity index (χ1) is 17.4. The van der Waals surface area contributed by atoms with Crippen molar-refractivity contribution in [2.75, 3.05) is 27.4 Å². The Labute approximate surface area is 212 Å². The zero-order chi connectivity index (χ0) is 26.3. The van der Waals surface area contributed by atoms with Crippen molar-refractivity contribution in [1.82, 2.24) is 0 Å². The minimum atomic E-state index is -0.642. The van der Waals surface area contributed by atoms with Gasteiger partial charge in [0.05, 0.1) is 27.4 Å². The molecule has 2 rings (SSSR count). The number of esters is 2. The maximum Gasteiger partial charge on any atom is 0.374 e. The zero-order valence-electron chi connectivity index (χ0n) is 21.2. The van der Waals surface area contributed by atoms with E-state index in [1.54, 1.807) is 36.4 Å². The van der Waals surface area contributed by atoms with E-state index in [0.29, 0.717) is 23.5 Å². The summed E-state index contributed by atoms with van der Waals surface area (Å²) in [6, 6.07) is 9.67. The maximum absolute atomic E-state index is 12.8. The van der Waals surface area contributed by atoms with E-state index in [0.717, 1.165) is 25.7 Å². The second-order valence-corrected chi connectivity index (χ2v) is 7.80. The first-order valence-corrected chi connectivity index (χ1v) is 11.9. The van der Waals surface area contributed by atoms with Crippen molar-refractivity contribution in [2.24, 2.45) is 0 Å². The molecular formula is C28H34O8. The Morgan fingerprint density at radius 2 is 1.47 bits per heavy atom. The first kappa shape index (κ1) is 28.3. The summed E-state index contributed by atoms with van der Waals surface area (Å²) in [6.45, 7) is 4.65. The molecule has 0 aromatic heterocycles. The van der Waals surface area contributed by atoms with Crippen LogP contribution in [0.3, 0.4) is 0 Å². The molecule has 2 aromatic rings. The van der Waals surface area contributed by atoms with Gasteiger partial charge in [-0.3, -0.25) is 0 Å². The summed E-state index contributed by atoms with van der Waals surface area (Å²) in [6.07, 6.45) is 7.80. The number of benzene rings is 2. The van der Waals surface area contributed by atoms with Crippen molar-refractivity contribution in [3.63, 3.8) is 0 Å². The standard InChI is InChI=1S/C28H34O8/c1-5-7-15-34-27(30)14-11-20-10-13-23(25(17-20)33-4)36-26(28(31)35-16-8-6-2)19-21-9-12-22(29)24(18-21)32-3/h9-14,17-19,29H,5-8,15-16H2,1-4H3/b14-11+,26-19-. The molecule has 0 amide bonds. The van der Waals surface area contributed by atoms with Crippen molar-refractivity contribution >= 4 is 24.1 Å². The number of ether oxygens (including phenoxy) is 5. The minimum Gasteiger partial charge on any atom is -0.504 e. The van der Waals surface area contributed by atoms with Gasteiger partial charge in [0.1, 0.15) is 0 Å². The molecule has 0 aliphatic rings. The first-order valence-electron chi connectivity index (χ1n) is 11.9. The van der Waals surface area contributed by atoms with Gasteiger partial charge in [0, 0.05) is 6.08 Å². The number of hydrogen-bond donors (Lipinski definition) is 1. The highest BCUT2D eigenvalue weighted by Gasteiger charge is 2.17. The molecule has 2 aromatic carbocycles. The van der Waals surface area contributed by atoms with E-state index >= 15 is 0 Å². The van der Waals surface area contributed by atoms with Crippen LogP contribution in [0.5, 0.6) is 23.0 Å². The number of carbonyl (C=O) groups is 2. The Kier molecular flexibility index (Phi) is 11.9. The summed E-state index contributed by atoms with van der Waals surface area (Å²) in [5, 5.41) is 9.86. The van der Waals surface area contributed by atoms with Crippen molar-refractivity contribution in [3.8, 4) is 23.0 Å². The van der Waals surface area contributed by atoms with Crippen molar-refractivity contribution in [3.05, 3.63) is 59.4 Å². The Balaban J connectivity index is 2.29. The Morgan fingerprint density at radius 1 is 0.833 bits per heavy atom. The fourth-order valence-electron chi connectivity index (χ4n) is 2.97. The number of phenolic OH excluding ortho intramolecular Hbond substituents is 1. The van der Waals surface area contributed by atoms with Crippen LogP contribution < -0.4 is 14.2 Å².